The lowest BCUT2D eigenvalue weighted by atomic mass is 10.0. The molecule has 0 aromatic rings. The Kier molecular flexibility index (Phi) is 48.0. The average molecular weight is 1060 g/mol. The highest BCUT2D eigenvalue weighted by atomic mass is 31.2. The van der Waals surface area contributed by atoms with Crippen LogP contribution in [-0.2, 0) is 46.3 Å². The number of aliphatic hydroxyl groups is 3. The number of carbonyl (C=O) groups is 2. The van der Waals surface area contributed by atoms with Gasteiger partial charge in [-0.3, -0.25) is 27.7 Å². The van der Waals surface area contributed by atoms with Crippen molar-refractivity contribution in [1.82, 2.24) is 0 Å². The van der Waals surface area contributed by atoms with Gasteiger partial charge in [-0.1, -0.05) is 207 Å². The van der Waals surface area contributed by atoms with Crippen molar-refractivity contribution < 1.29 is 71.4 Å². The van der Waals surface area contributed by atoms with Crippen LogP contribution in [0, 0.1) is 0 Å². The zero-order chi connectivity index (χ0) is 53.1. The summed E-state index contributed by atoms with van der Waals surface area (Å²) in [6, 6.07) is 0. The summed E-state index contributed by atoms with van der Waals surface area (Å²) in [5.74, 6) is -1.04. The van der Waals surface area contributed by atoms with Gasteiger partial charge in [0, 0.05) is 12.8 Å². The number of aliphatic hydroxyl groups excluding tert-OH is 3. The summed E-state index contributed by atoms with van der Waals surface area (Å²) in [7, 11) is -9.60. The van der Waals surface area contributed by atoms with Gasteiger partial charge in [-0.05, 0) is 57.8 Å². The summed E-state index contributed by atoms with van der Waals surface area (Å²) in [6.07, 6.45) is 55.3. The van der Waals surface area contributed by atoms with Crippen molar-refractivity contribution in [3.63, 3.8) is 0 Å². The Morgan fingerprint density at radius 1 is 0.375 bits per heavy atom. The number of ether oxygens (including phenoxy) is 2. The number of phosphoric acid groups is 2. The lowest BCUT2D eigenvalue weighted by Crippen LogP contribution is -2.25. The van der Waals surface area contributed by atoms with E-state index in [-0.39, 0.29) is 12.8 Å². The smallest absolute Gasteiger partial charge is 0.463 e. The van der Waals surface area contributed by atoms with Crippen LogP contribution in [0.5, 0.6) is 0 Å². The Morgan fingerprint density at radius 2 is 0.653 bits per heavy atom. The Morgan fingerprint density at radius 3 is 1.01 bits per heavy atom. The molecule has 5 unspecified atom stereocenters. The minimum atomic E-state index is -4.81. The Labute approximate surface area is 433 Å². The molecule has 0 fully saturated rings. The van der Waals surface area contributed by atoms with Crippen molar-refractivity contribution in [2.45, 2.75) is 199 Å². The molecule has 5 atom stereocenters. The minimum absolute atomic E-state index is 0.138. The van der Waals surface area contributed by atoms with Crippen molar-refractivity contribution in [3.8, 4) is 0 Å². The number of unbranched alkanes of at least 4 members (excludes halogenated alkanes) is 20. The molecule has 0 aliphatic rings. The van der Waals surface area contributed by atoms with Crippen LogP contribution in [-0.4, -0.2) is 95.0 Å². The number of esters is 2. The maximum atomic E-state index is 12.2. The van der Waals surface area contributed by atoms with E-state index < -0.39 is 85.5 Å². The van der Waals surface area contributed by atoms with Crippen LogP contribution in [0.25, 0.3) is 0 Å². The molecule has 0 radical (unpaired) electrons. The number of allylic oxidation sites excluding steroid dienone is 16. The number of rotatable bonds is 50. The molecule has 0 aromatic carbocycles. The molecule has 0 aliphatic heterocycles. The lowest BCUT2D eigenvalue weighted by molar-refractivity contribution is -0.148. The third-order valence-electron chi connectivity index (χ3n) is 10.7. The van der Waals surface area contributed by atoms with E-state index in [0.29, 0.717) is 12.8 Å². The molecule has 5 N–H and O–H groups in total. The zero-order valence-electron chi connectivity index (χ0n) is 43.8. The van der Waals surface area contributed by atoms with Crippen LogP contribution in [0.2, 0.25) is 0 Å². The van der Waals surface area contributed by atoms with E-state index in [4.69, 9.17) is 14.0 Å². The molecule has 17 heteroatoms. The van der Waals surface area contributed by atoms with Gasteiger partial charge in [0.2, 0.25) is 0 Å². The van der Waals surface area contributed by atoms with E-state index >= 15 is 0 Å². The number of hydrogen-bond donors (Lipinski definition) is 5. The second-order valence-corrected chi connectivity index (χ2v) is 20.6. The first-order chi connectivity index (χ1) is 34.8. The van der Waals surface area contributed by atoms with Crippen LogP contribution in [0.4, 0.5) is 0 Å². The first-order valence-corrected chi connectivity index (χ1v) is 29.7. The summed E-state index contributed by atoms with van der Waals surface area (Å²) in [5, 5.41) is 30.1. The first kappa shape index (κ1) is 69.0. The van der Waals surface area contributed by atoms with E-state index in [1.807, 2.05) is 79.0 Å². The van der Waals surface area contributed by atoms with E-state index in [2.05, 4.69) is 45.6 Å². The van der Waals surface area contributed by atoms with Crippen molar-refractivity contribution in [2.75, 3.05) is 39.6 Å². The normalized spacial score (nSPS) is 15.6. The van der Waals surface area contributed by atoms with Gasteiger partial charge in [-0.2, -0.15) is 0 Å². The predicted molar refractivity (Wildman–Crippen MR) is 288 cm³/mol. The SMILES string of the molecule is CC/C=C/C=C/C=C\C=C\C=C\C=C\C=C\CCCCCC(=O)OCC(O)COP(=O)(O)OCC(O)COP(=O)(O)OCC(O)COC(=O)CCCCCCCCCCCCC/C=C/CCCCCCCC. The van der Waals surface area contributed by atoms with Gasteiger partial charge < -0.3 is 34.6 Å². The molecule has 0 spiro atoms. The average Bonchev–Trinajstić information content (AvgIpc) is 3.36. The molecule has 0 aliphatic carbocycles. The Bertz CT molecular complexity index is 1650. The first-order valence-electron chi connectivity index (χ1n) is 26.7. The molecule has 0 amide bonds. The highest BCUT2D eigenvalue weighted by Crippen LogP contribution is 2.45. The van der Waals surface area contributed by atoms with Gasteiger partial charge in [-0.25, -0.2) is 9.13 Å². The van der Waals surface area contributed by atoms with Gasteiger partial charge in [0.25, 0.3) is 0 Å². The predicted octanol–water partition coefficient (Wildman–Crippen LogP) is 13.1. The second-order valence-electron chi connectivity index (χ2n) is 17.7. The highest BCUT2D eigenvalue weighted by Gasteiger charge is 2.28. The molecule has 0 bridgehead atoms. The Balaban J connectivity index is 3.91. The van der Waals surface area contributed by atoms with Crippen molar-refractivity contribution in [1.29, 1.82) is 0 Å². The Hall–Kier alpha value is -3.04. The molecular formula is C55H94O15P2. The molecule has 0 aromatic heterocycles. The van der Waals surface area contributed by atoms with Gasteiger partial charge in [0.1, 0.15) is 31.5 Å². The van der Waals surface area contributed by atoms with Crippen molar-refractivity contribution in [2.24, 2.45) is 0 Å². The quantitative estimate of drug-likeness (QED) is 0.0126. The molecule has 15 nitrogen and oxygen atoms in total. The summed E-state index contributed by atoms with van der Waals surface area (Å²) in [5.41, 5.74) is 0. The highest BCUT2D eigenvalue weighted by molar-refractivity contribution is 7.47. The van der Waals surface area contributed by atoms with Crippen LogP contribution < -0.4 is 0 Å². The molecule has 0 rings (SSSR count). The van der Waals surface area contributed by atoms with E-state index in [0.717, 1.165) is 44.9 Å². The van der Waals surface area contributed by atoms with Crippen LogP contribution >= 0.6 is 15.6 Å². The van der Waals surface area contributed by atoms with E-state index in [1.54, 1.807) is 0 Å². The third kappa shape index (κ3) is 51.8. The van der Waals surface area contributed by atoms with Crippen LogP contribution in [0.1, 0.15) is 181 Å². The number of hydrogen-bond acceptors (Lipinski definition) is 13. The maximum absolute atomic E-state index is 12.2. The molecular weight excluding hydrogens is 963 g/mol. The molecule has 0 saturated carbocycles. The summed E-state index contributed by atoms with van der Waals surface area (Å²) in [4.78, 5) is 43.9. The van der Waals surface area contributed by atoms with Gasteiger partial charge in [0.15, 0.2) is 0 Å². The van der Waals surface area contributed by atoms with Crippen LogP contribution in [0.15, 0.2) is 97.2 Å². The fourth-order valence-electron chi connectivity index (χ4n) is 6.60. The van der Waals surface area contributed by atoms with Crippen molar-refractivity contribution in [3.05, 3.63) is 97.2 Å². The second kappa shape index (κ2) is 50.1. The fraction of sp³-hybridized carbons (Fsp3) is 0.673. The standard InChI is InChI=1S/C55H94O15P2/c1-3-5-7-9-11-13-15-17-19-21-23-24-26-28-30-32-34-36-38-40-42-44-55(60)66-46-52(57)48-68-72(63,64)70-50-53(58)49-69-71(61,62)67-47-51(56)45-65-54(59)43-41-39-37-35-33-31-29-27-25-22-20-18-16-14-12-10-8-6-4-2/h6,8,10,12,14,16-20,22,25,27,29,31,33,51-53,56-58H,3-5,7,9,11,13,15,21,23-24,26,28,30,32,34-50H2,1-2H3,(H,61,62)(H,63,64)/b8-6+,12-10+,16-14-,19-17+,20-18+,25-22+,29-27+,33-31+. The number of carbonyl (C=O) groups excluding carboxylic acids is 2. The van der Waals surface area contributed by atoms with Crippen molar-refractivity contribution >= 4 is 27.6 Å². The minimum Gasteiger partial charge on any atom is -0.463 e. The van der Waals surface area contributed by atoms with Crippen LogP contribution in [0.3, 0.4) is 0 Å². The molecule has 72 heavy (non-hydrogen) atoms. The third-order valence-corrected chi connectivity index (χ3v) is 12.6. The molecule has 0 saturated heterocycles. The van der Waals surface area contributed by atoms with Gasteiger partial charge >= 0.3 is 27.6 Å². The van der Waals surface area contributed by atoms with E-state index in [9.17, 15) is 43.8 Å². The van der Waals surface area contributed by atoms with E-state index in [1.165, 1.54) is 96.3 Å². The monoisotopic (exact) mass is 1060 g/mol. The zero-order valence-corrected chi connectivity index (χ0v) is 45.6. The maximum Gasteiger partial charge on any atom is 0.472 e. The van der Waals surface area contributed by atoms with Gasteiger partial charge in [0.05, 0.1) is 26.4 Å². The molecule has 0 heterocycles. The summed E-state index contributed by atoms with van der Waals surface area (Å²) < 4.78 is 53.1. The fourth-order valence-corrected chi connectivity index (χ4v) is 8.19. The number of phosphoric ester groups is 2. The topological polar surface area (TPSA) is 225 Å². The molecule has 414 valence electrons. The summed E-state index contributed by atoms with van der Waals surface area (Å²) >= 11 is 0. The largest absolute Gasteiger partial charge is 0.472 e. The summed E-state index contributed by atoms with van der Waals surface area (Å²) in [6.45, 7) is 0.215. The lowest BCUT2D eigenvalue weighted by Gasteiger charge is -2.19. The van der Waals surface area contributed by atoms with Gasteiger partial charge in [-0.15, -0.1) is 0 Å².